The number of fused-ring (bicyclic) bond motifs is 2. The van der Waals surface area contributed by atoms with Crippen molar-refractivity contribution in [3.63, 3.8) is 0 Å². The average Bonchev–Trinajstić information content (AvgIpc) is 3.03. The van der Waals surface area contributed by atoms with Gasteiger partial charge in [-0.15, -0.1) is 0 Å². The molecule has 16 heavy (non-hydrogen) atoms. The second-order valence-corrected chi connectivity index (χ2v) is 5.56. The molecule has 3 aliphatic rings. The molecule has 3 nitrogen and oxygen atoms in total. The lowest BCUT2D eigenvalue weighted by atomic mass is 9.92. The Kier molecular flexibility index (Phi) is 2.51. The Morgan fingerprint density at radius 1 is 1.38 bits per heavy atom. The quantitative estimate of drug-likeness (QED) is 0.706. The summed E-state index contributed by atoms with van der Waals surface area (Å²) >= 11 is 0. The lowest BCUT2D eigenvalue weighted by Gasteiger charge is -2.24. The molecule has 3 rings (SSSR count). The van der Waals surface area contributed by atoms with Crippen LogP contribution in [0.5, 0.6) is 0 Å². The summed E-state index contributed by atoms with van der Waals surface area (Å²) < 4.78 is 0. The van der Waals surface area contributed by atoms with E-state index in [0.717, 1.165) is 32.5 Å². The molecule has 0 spiro atoms. The number of nitrogens with two attached hydrogens (primary N) is 1. The summed E-state index contributed by atoms with van der Waals surface area (Å²) in [5, 5.41) is 0. The van der Waals surface area contributed by atoms with Crippen molar-refractivity contribution in [2.75, 3.05) is 19.6 Å². The predicted octanol–water partition coefficient (Wildman–Crippen LogP) is 1.01. The Morgan fingerprint density at radius 3 is 2.81 bits per heavy atom. The van der Waals surface area contributed by atoms with Crippen molar-refractivity contribution in [3.8, 4) is 0 Å². The first-order valence-corrected chi connectivity index (χ1v) is 6.45. The van der Waals surface area contributed by atoms with E-state index in [1.54, 1.807) is 0 Å². The van der Waals surface area contributed by atoms with E-state index in [1.807, 2.05) is 0 Å². The van der Waals surface area contributed by atoms with Gasteiger partial charge in [0.05, 0.1) is 0 Å². The normalized spacial score (nSPS) is 40.9. The maximum Gasteiger partial charge on any atom is 0.226 e. The average molecular weight is 220 g/mol. The van der Waals surface area contributed by atoms with Gasteiger partial charge in [0, 0.05) is 19.0 Å². The summed E-state index contributed by atoms with van der Waals surface area (Å²) in [6, 6.07) is 0. The summed E-state index contributed by atoms with van der Waals surface area (Å²) in [5.74, 6) is 2.44. The van der Waals surface area contributed by atoms with Crippen molar-refractivity contribution in [1.82, 2.24) is 4.90 Å². The Morgan fingerprint density at radius 2 is 2.25 bits per heavy atom. The van der Waals surface area contributed by atoms with Gasteiger partial charge < -0.3 is 10.6 Å². The number of carbonyl (C=O) groups excluding carboxylic acids is 1. The number of hydrogen-bond acceptors (Lipinski definition) is 2. The van der Waals surface area contributed by atoms with Crippen molar-refractivity contribution < 1.29 is 4.79 Å². The molecule has 1 saturated carbocycles. The Bertz CT molecular complexity index is 326. The van der Waals surface area contributed by atoms with Gasteiger partial charge in [-0.2, -0.15) is 0 Å². The van der Waals surface area contributed by atoms with Gasteiger partial charge in [-0.05, 0) is 43.6 Å². The number of rotatable bonds is 2. The van der Waals surface area contributed by atoms with E-state index >= 15 is 0 Å². The minimum absolute atomic E-state index is 0.284. The molecule has 0 aromatic rings. The van der Waals surface area contributed by atoms with Crippen molar-refractivity contribution in [3.05, 3.63) is 12.2 Å². The van der Waals surface area contributed by atoms with Gasteiger partial charge >= 0.3 is 0 Å². The van der Waals surface area contributed by atoms with Crippen molar-refractivity contribution in [2.45, 2.75) is 19.3 Å². The van der Waals surface area contributed by atoms with E-state index in [9.17, 15) is 4.79 Å². The molecule has 0 aromatic carbocycles. The Labute approximate surface area is 96.7 Å². The summed E-state index contributed by atoms with van der Waals surface area (Å²) in [5.41, 5.74) is 5.66. The van der Waals surface area contributed by atoms with E-state index in [-0.39, 0.29) is 5.92 Å². The van der Waals surface area contributed by atoms with Crippen LogP contribution in [0.3, 0.4) is 0 Å². The third-order valence-electron chi connectivity index (χ3n) is 4.53. The minimum atomic E-state index is 0.284. The minimum Gasteiger partial charge on any atom is -0.342 e. The van der Waals surface area contributed by atoms with Crippen molar-refractivity contribution in [2.24, 2.45) is 29.4 Å². The highest BCUT2D eigenvalue weighted by molar-refractivity contribution is 5.80. The van der Waals surface area contributed by atoms with Crippen LogP contribution in [0.1, 0.15) is 19.3 Å². The number of likely N-dealkylation sites (tertiary alicyclic amines) is 1. The Balaban J connectivity index is 1.64. The van der Waals surface area contributed by atoms with Crippen LogP contribution in [0.2, 0.25) is 0 Å². The van der Waals surface area contributed by atoms with Gasteiger partial charge in [0.25, 0.3) is 0 Å². The highest BCUT2D eigenvalue weighted by atomic mass is 16.2. The highest BCUT2D eigenvalue weighted by Crippen LogP contribution is 2.44. The Hall–Kier alpha value is -0.830. The van der Waals surface area contributed by atoms with Crippen molar-refractivity contribution in [1.29, 1.82) is 0 Å². The molecular formula is C13H20N2O. The number of nitrogens with zero attached hydrogens (tertiary/aromatic N) is 1. The second-order valence-electron chi connectivity index (χ2n) is 5.56. The monoisotopic (exact) mass is 220 g/mol. The molecule has 0 radical (unpaired) electrons. The van der Waals surface area contributed by atoms with Gasteiger partial charge in [-0.1, -0.05) is 12.2 Å². The molecular weight excluding hydrogens is 200 g/mol. The molecule has 2 fully saturated rings. The van der Waals surface area contributed by atoms with Crippen LogP contribution >= 0.6 is 0 Å². The zero-order valence-electron chi connectivity index (χ0n) is 9.64. The molecule has 3 heteroatoms. The fraction of sp³-hybridized carbons (Fsp3) is 0.769. The molecule has 0 aromatic heterocycles. The van der Waals surface area contributed by atoms with Gasteiger partial charge in [0.2, 0.25) is 5.91 Å². The largest absolute Gasteiger partial charge is 0.342 e. The molecule has 1 aliphatic heterocycles. The predicted molar refractivity (Wildman–Crippen MR) is 62.6 cm³/mol. The van der Waals surface area contributed by atoms with Gasteiger partial charge in [-0.3, -0.25) is 4.79 Å². The lowest BCUT2D eigenvalue weighted by molar-refractivity contribution is -0.135. The van der Waals surface area contributed by atoms with E-state index in [4.69, 9.17) is 5.73 Å². The fourth-order valence-corrected chi connectivity index (χ4v) is 3.52. The van der Waals surface area contributed by atoms with Crippen LogP contribution in [-0.4, -0.2) is 30.4 Å². The molecule has 4 atom stereocenters. The van der Waals surface area contributed by atoms with Gasteiger partial charge in [0.1, 0.15) is 0 Å². The van der Waals surface area contributed by atoms with Crippen LogP contribution in [0, 0.1) is 23.7 Å². The zero-order chi connectivity index (χ0) is 11.1. The first kappa shape index (κ1) is 10.3. The third kappa shape index (κ3) is 1.58. The third-order valence-corrected chi connectivity index (χ3v) is 4.53. The van der Waals surface area contributed by atoms with Crippen LogP contribution in [0.15, 0.2) is 12.2 Å². The van der Waals surface area contributed by atoms with E-state index < -0.39 is 0 Å². The second kappa shape index (κ2) is 3.88. The molecule has 2 bridgehead atoms. The summed E-state index contributed by atoms with van der Waals surface area (Å²) in [6.07, 6.45) is 7.95. The molecule has 1 heterocycles. The standard InChI is InChI=1S/C13H20N2O/c14-7-10-3-4-15(8-10)13(16)12-6-9-1-2-11(12)5-9/h1-2,9-12H,3-8,14H2. The highest BCUT2D eigenvalue weighted by Gasteiger charge is 2.42. The first-order valence-electron chi connectivity index (χ1n) is 6.45. The topological polar surface area (TPSA) is 46.3 Å². The maximum absolute atomic E-state index is 12.4. The number of carbonyl (C=O) groups is 1. The smallest absolute Gasteiger partial charge is 0.226 e. The van der Waals surface area contributed by atoms with Crippen LogP contribution in [0.25, 0.3) is 0 Å². The van der Waals surface area contributed by atoms with Gasteiger partial charge in [-0.25, -0.2) is 0 Å². The summed E-state index contributed by atoms with van der Waals surface area (Å²) in [6.45, 7) is 2.55. The number of amides is 1. The molecule has 2 N–H and O–H groups in total. The zero-order valence-corrected chi connectivity index (χ0v) is 9.64. The molecule has 4 unspecified atom stereocenters. The summed E-state index contributed by atoms with van der Waals surface area (Å²) in [7, 11) is 0. The van der Waals surface area contributed by atoms with Crippen LogP contribution in [-0.2, 0) is 4.79 Å². The van der Waals surface area contributed by atoms with E-state index in [1.165, 1.54) is 6.42 Å². The number of allylic oxidation sites excluding steroid dienone is 2. The van der Waals surface area contributed by atoms with Crippen LogP contribution in [0.4, 0.5) is 0 Å². The van der Waals surface area contributed by atoms with Crippen molar-refractivity contribution >= 4 is 5.91 Å². The van der Waals surface area contributed by atoms with Crippen LogP contribution < -0.4 is 5.73 Å². The molecule has 88 valence electrons. The molecule has 2 aliphatic carbocycles. The van der Waals surface area contributed by atoms with Gasteiger partial charge in [0.15, 0.2) is 0 Å². The van der Waals surface area contributed by atoms with E-state index in [2.05, 4.69) is 17.1 Å². The lowest BCUT2D eigenvalue weighted by Crippen LogP contribution is -2.36. The SMILES string of the molecule is NCC1CCN(C(=O)C2CC3C=CC2C3)C1. The summed E-state index contributed by atoms with van der Waals surface area (Å²) in [4.78, 5) is 14.4. The molecule has 1 amide bonds. The first-order chi connectivity index (χ1) is 7.78. The molecule has 1 saturated heterocycles. The van der Waals surface area contributed by atoms with E-state index in [0.29, 0.717) is 23.7 Å². The number of hydrogen-bond donors (Lipinski definition) is 1. The fourth-order valence-electron chi connectivity index (χ4n) is 3.52. The maximum atomic E-state index is 12.4.